The van der Waals surface area contributed by atoms with Crippen LogP contribution >= 0.6 is 15.9 Å². The van der Waals surface area contributed by atoms with E-state index >= 15 is 0 Å². The van der Waals surface area contributed by atoms with Crippen molar-refractivity contribution in [2.24, 2.45) is 0 Å². The number of nitrogens with one attached hydrogen (secondary N) is 1. The van der Waals surface area contributed by atoms with Crippen molar-refractivity contribution in [3.05, 3.63) is 28.2 Å². The number of halogens is 1. The van der Waals surface area contributed by atoms with Gasteiger partial charge in [0.1, 0.15) is 6.04 Å². The molecule has 0 saturated heterocycles. The minimum Gasteiger partial charge on any atom is -0.480 e. The highest BCUT2D eigenvalue weighted by Gasteiger charge is 2.24. The van der Waals surface area contributed by atoms with E-state index in [0.29, 0.717) is 10.2 Å². The average molecular weight is 345 g/mol. The van der Waals surface area contributed by atoms with E-state index in [2.05, 4.69) is 26.0 Å². The minimum atomic E-state index is -1.36. The van der Waals surface area contributed by atoms with Crippen LogP contribution in [-0.4, -0.2) is 36.1 Å². The van der Waals surface area contributed by atoms with Gasteiger partial charge >= 0.3 is 11.9 Å². The fourth-order valence-electron chi connectivity index (χ4n) is 1.36. The van der Waals surface area contributed by atoms with Crippen molar-refractivity contribution in [1.82, 2.24) is 5.32 Å². The Morgan fingerprint density at radius 1 is 1.45 bits per heavy atom. The number of carbonyl (C=O) groups is 3. The first kappa shape index (κ1) is 16.0. The third-order valence-corrected chi connectivity index (χ3v) is 3.15. The van der Waals surface area contributed by atoms with E-state index in [0.717, 1.165) is 7.11 Å². The van der Waals surface area contributed by atoms with E-state index in [4.69, 9.17) is 10.8 Å². The molecule has 0 spiro atoms. The van der Waals surface area contributed by atoms with Crippen LogP contribution in [0.1, 0.15) is 16.8 Å². The second-order valence-corrected chi connectivity index (χ2v) is 4.74. The van der Waals surface area contributed by atoms with Gasteiger partial charge in [0, 0.05) is 15.7 Å². The van der Waals surface area contributed by atoms with Crippen LogP contribution in [0.5, 0.6) is 0 Å². The molecule has 0 aliphatic heterocycles. The second-order valence-electron chi connectivity index (χ2n) is 3.88. The average Bonchev–Trinajstić information content (AvgIpc) is 2.40. The number of carboxylic acids is 1. The maximum Gasteiger partial charge on any atom is 0.326 e. The van der Waals surface area contributed by atoms with Crippen LogP contribution in [0, 0.1) is 0 Å². The van der Waals surface area contributed by atoms with Crippen LogP contribution in [0.25, 0.3) is 0 Å². The Balaban J connectivity index is 2.82. The molecule has 8 heteroatoms. The van der Waals surface area contributed by atoms with Crippen LogP contribution in [0.2, 0.25) is 0 Å². The summed E-state index contributed by atoms with van der Waals surface area (Å²) in [5.41, 5.74) is 6.26. The molecule has 1 amide bonds. The Kier molecular flexibility index (Phi) is 5.51. The number of carboxylic acid groups (broad SMARTS) is 1. The molecule has 4 N–H and O–H groups in total. The van der Waals surface area contributed by atoms with Gasteiger partial charge in [-0.05, 0) is 34.1 Å². The lowest BCUT2D eigenvalue weighted by molar-refractivity contribution is -0.147. The minimum absolute atomic E-state index is 0.224. The zero-order valence-corrected chi connectivity index (χ0v) is 12.1. The molecule has 1 aromatic carbocycles. The van der Waals surface area contributed by atoms with E-state index < -0.39 is 30.3 Å². The van der Waals surface area contributed by atoms with E-state index in [1.54, 1.807) is 0 Å². The Morgan fingerprint density at radius 2 is 2.10 bits per heavy atom. The van der Waals surface area contributed by atoms with Gasteiger partial charge in [0.2, 0.25) is 0 Å². The van der Waals surface area contributed by atoms with Crippen LogP contribution < -0.4 is 11.1 Å². The van der Waals surface area contributed by atoms with E-state index in [1.165, 1.54) is 18.2 Å². The summed E-state index contributed by atoms with van der Waals surface area (Å²) in [5, 5.41) is 11.2. The van der Waals surface area contributed by atoms with Gasteiger partial charge in [0.05, 0.1) is 13.5 Å². The highest BCUT2D eigenvalue weighted by atomic mass is 79.9. The number of nitrogen functional groups attached to an aromatic ring is 1. The molecular weight excluding hydrogens is 332 g/mol. The van der Waals surface area contributed by atoms with Gasteiger partial charge in [-0.3, -0.25) is 9.59 Å². The fraction of sp³-hybridized carbons (Fsp3) is 0.250. The van der Waals surface area contributed by atoms with Gasteiger partial charge < -0.3 is 20.9 Å². The Labute approximate surface area is 123 Å². The van der Waals surface area contributed by atoms with Crippen LogP contribution in [0.3, 0.4) is 0 Å². The molecule has 0 bridgehead atoms. The highest BCUT2D eigenvalue weighted by molar-refractivity contribution is 9.10. The largest absolute Gasteiger partial charge is 0.480 e. The van der Waals surface area contributed by atoms with Crippen molar-refractivity contribution in [2.45, 2.75) is 12.5 Å². The van der Waals surface area contributed by atoms with Crippen molar-refractivity contribution in [3.8, 4) is 0 Å². The molecule has 0 aliphatic carbocycles. The molecule has 0 aliphatic rings. The molecule has 1 rings (SSSR count). The summed E-state index contributed by atoms with van der Waals surface area (Å²) < 4.78 is 4.89. The van der Waals surface area contributed by atoms with Gasteiger partial charge in [-0.15, -0.1) is 0 Å². The quantitative estimate of drug-likeness (QED) is 0.536. The molecule has 0 saturated carbocycles. The summed E-state index contributed by atoms with van der Waals surface area (Å²) in [7, 11) is 1.14. The Bertz CT molecular complexity index is 547. The number of methoxy groups -OCH3 is 1. The molecule has 1 aromatic rings. The Hall–Kier alpha value is -2.09. The van der Waals surface area contributed by atoms with Crippen LogP contribution in [-0.2, 0) is 14.3 Å². The number of aliphatic carboxylic acids is 1. The number of nitrogens with two attached hydrogens (primary N) is 1. The molecule has 1 atom stereocenters. The van der Waals surface area contributed by atoms with Crippen molar-refractivity contribution >= 4 is 39.5 Å². The zero-order chi connectivity index (χ0) is 15.3. The van der Waals surface area contributed by atoms with Crippen molar-refractivity contribution in [3.63, 3.8) is 0 Å². The molecule has 108 valence electrons. The second kappa shape index (κ2) is 6.90. The van der Waals surface area contributed by atoms with Gasteiger partial charge in [-0.25, -0.2) is 4.79 Å². The summed E-state index contributed by atoms with van der Waals surface area (Å²) in [5.74, 6) is -2.67. The van der Waals surface area contributed by atoms with Crippen LogP contribution in [0.15, 0.2) is 22.7 Å². The molecule has 0 fully saturated rings. The summed E-state index contributed by atoms with van der Waals surface area (Å²) in [4.78, 5) is 34.0. The monoisotopic (exact) mass is 344 g/mol. The maximum absolute atomic E-state index is 11.9. The summed E-state index contributed by atoms with van der Waals surface area (Å²) in [6.07, 6.45) is -0.451. The molecule has 0 heterocycles. The van der Waals surface area contributed by atoms with Gasteiger partial charge in [-0.1, -0.05) is 0 Å². The first-order valence-corrected chi connectivity index (χ1v) is 6.30. The number of hydrogen-bond donors (Lipinski definition) is 3. The molecule has 0 aromatic heterocycles. The first-order chi connectivity index (χ1) is 9.35. The molecule has 7 nitrogen and oxygen atoms in total. The third kappa shape index (κ3) is 4.23. The number of amides is 1. The molecule has 0 radical (unpaired) electrons. The third-order valence-electron chi connectivity index (χ3n) is 2.46. The molecular formula is C12H13BrN2O5. The predicted molar refractivity (Wildman–Crippen MR) is 74.1 cm³/mol. The SMILES string of the molecule is COC(=O)C[C@H](NC(=O)c1ccc(N)c(Br)c1)C(=O)O. The maximum atomic E-state index is 11.9. The Morgan fingerprint density at radius 3 is 2.60 bits per heavy atom. The lowest BCUT2D eigenvalue weighted by Gasteiger charge is -2.13. The van der Waals surface area contributed by atoms with E-state index in [9.17, 15) is 14.4 Å². The number of carbonyl (C=O) groups excluding carboxylic acids is 2. The van der Waals surface area contributed by atoms with Gasteiger partial charge in [0.25, 0.3) is 5.91 Å². The number of esters is 1. The van der Waals surface area contributed by atoms with Crippen molar-refractivity contribution in [2.75, 3.05) is 12.8 Å². The smallest absolute Gasteiger partial charge is 0.326 e. The van der Waals surface area contributed by atoms with Crippen LogP contribution in [0.4, 0.5) is 5.69 Å². The number of anilines is 1. The number of hydrogen-bond acceptors (Lipinski definition) is 5. The molecule has 0 unspecified atom stereocenters. The predicted octanol–water partition coefficient (Wildman–Crippen LogP) is 0.777. The fourth-order valence-corrected chi connectivity index (χ4v) is 1.74. The van der Waals surface area contributed by atoms with E-state index in [1.807, 2.05) is 0 Å². The number of ether oxygens (including phenoxy) is 1. The normalized spacial score (nSPS) is 11.5. The lowest BCUT2D eigenvalue weighted by Crippen LogP contribution is -2.42. The summed E-state index contributed by atoms with van der Waals surface area (Å²) in [6.45, 7) is 0. The van der Waals surface area contributed by atoms with Crippen molar-refractivity contribution < 1.29 is 24.2 Å². The van der Waals surface area contributed by atoms with Gasteiger partial charge in [0.15, 0.2) is 0 Å². The number of benzene rings is 1. The van der Waals surface area contributed by atoms with Crippen molar-refractivity contribution in [1.29, 1.82) is 0 Å². The van der Waals surface area contributed by atoms with Gasteiger partial charge in [-0.2, -0.15) is 0 Å². The summed E-state index contributed by atoms with van der Waals surface area (Å²) >= 11 is 3.17. The molecule has 20 heavy (non-hydrogen) atoms. The lowest BCUT2D eigenvalue weighted by atomic mass is 10.1. The standard InChI is InChI=1S/C12H13BrN2O5/c1-20-10(16)5-9(12(18)19)15-11(17)6-2-3-8(14)7(13)4-6/h2-4,9H,5,14H2,1H3,(H,15,17)(H,18,19)/t9-/m0/s1. The van der Waals surface area contributed by atoms with E-state index in [-0.39, 0.29) is 5.56 Å². The highest BCUT2D eigenvalue weighted by Crippen LogP contribution is 2.20. The first-order valence-electron chi connectivity index (χ1n) is 5.50. The zero-order valence-electron chi connectivity index (χ0n) is 10.6. The number of rotatable bonds is 5. The summed E-state index contributed by atoms with van der Waals surface area (Å²) in [6, 6.07) is 3.06. The topological polar surface area (TPSA) is 119 Å².